The highest BCUT2D eigenvalue weighted by Crippen LogP contribution is 2.39. The van der Waals surface area contributed by atoms with Crippen molar-refractivity contribution in [3.05, 3.63) is 70.3 Å². The average molecular weight is 539 g/mol. The summed E-state index contributed by atoms with van der Waals surface area (Å²) in [4.78, 5) is 29.9. The molecule has 6 nitrogen and oxygen atoms in total. The van der Waals surface area contributed by atoms with E-state index in [0.717, 1.165) is 67.2 Å². The summed E-state index contributed by atoms with van der Waals surface area (Å²) in [6.07, 6.45) is 9.30. The van der Waals surface area contributed by atoms with Crippen molar-refractivity contribution in [2.45, 2.75) is 57.3 Å². The number of ether oxygens (including phenoxy) is 2. The van der Waals surface area contributed by atoms with Crippen LogP contribution in [0.3, 0.4) is 0 Å². The molecule has 1 amide bonds. The standard InChI is InChI=1S/C31H39ClN2O4/c1-4-10-22-17-25(32)12-13-26(22)24-20-34-16-9-7-5-6-8-15-33(2)30(35)19-27(31(36)37-3)23-11-14-29(38-21-24)28(34)18-23/h6,8,11-14,17-18,24,27H,4-5,7,9-10,15-16,19-21H2,1-3H3/b8-6+. The van der Waals surface area contributed by atoms with Gasteiger partial charge in [-0.3, -0.25) is 9.59 Å². The van der Waals surface area contributed by atoms with Gasteiger partial charge >= 0.3 is 5.97 Å². The maximum absolute atomic E-state index is 13.0. The summed E-state index contributed by atoms with van der Waals surface area (Å²) in [7, 11) is 3.15. The Morgan fingerprint density at radius 1 is 1.16 bits per heavy atom. The summed E-state index contributed by atoms with van der Waals surface area (Å²) in [5.74, 6) is -0.190. The monoisotopic (exact) mass is 538 g/mol. The fourth-order valence-electron chi connectivity index (χ4n) is 5.41. The number of anilines is 1. The van der Waals surface area contributed by atoms with Gasteiger partial charge in [-0.1, -0.05) is 49.2 Å². The molecule has 2 bridgehead atoms. The molecular weight excluding hydrogens is 500 g/mol. The highest BCUT2D eigenvalue weighted by molar-refractivity contribution is 6.30. The highest BCUT2D eigenvalue weighted by atomic mass is 35.5. The third-order valence-corrected chi connectivity index (χ3v) is 7.79. The Morgan fingerprint density at radius 3 is 2.79 bits per heavy atom. The summed E-state index contributed by atoms with van der Waals surface area (Å²) >= 11 is 6.36. The number of hydrogen-bond acceptors (Lipinski definition) is 5. The van der Waals surface area contributed by atoms with E-state index in [1.165, 1.54) is 18.2 Å². The number of amides is 1. The van der Waals surface area contributed by atoms with Crippen LogP contribution in [-0.2, 0) is 20.7 Å². The lowest BCUT2D eigenvalue weighted by atomic mass is 9.91. The van der Waals surface area contributed by atoms with Crippen LogP contribution in [0.2, 0.25) is 5.02 Å². The van der Waals surface area contributed by atoms with Crippen LogP contribution in [-0.4, -0.2) is 57.2 Å². The SMILES string of the molecule is CCCc1cc(Cl)ccc1C1COc2ccc3cc2N(CCCC/C=C/CN(C)C(=O)CC3C(=O)OC)C1. The molecular formula is C31H39ClN2O4. The molecule has 2 unspecified atom stereocenters. The van der Waals surface area contributed by atoms with E-state index in [4.69, 9.17) is 21.1 Å². The molecule has 2 atom stereocenters. The molecule has 2 aliphatic heterocycles. The van der Waals surface area contributed by atoms with Crippen LogP contribution < -0.4 is 9.64 Å². The first kappa shape index (κ1) is 28.0. The zero-order chi connectivity index (χ0) is 27.1. The minimum absolute atomic E-state index is 0.0600. The van der Waals surface area contributed by atoms with E-state index in [1.54, 1.807) is 11.9 Å². The van der Waals surface area contributed by atoms with E-state index >= 15 is 0 Å². The molecule has 2 heterocycles. The molecule has 2 aromatic rings. The van der Waals surface area contributed by atoms with Crippen molar-refractivity contribution in [1.82, 2.24) is 4.90 Å². The summed E-state index contributed by atoms with van der Waals surface area (Å²) in [6.45, 7) is 4.95. The first-order chi connectivity index (χ1) is 18.4. The molecule has 7 heteroatoms. The molecule has 2 aromatic carbocycles. The van der Waals surface area contributed by atoms with Crippen LogP contribution in [0, 0.1) is 0 Å². The zero-order valence-corrected chi connectivity index (χ0v) is 23.5. The van der Waals surface area contributed by atoms with Crippen molar-refractivity contribution in [3.63, 3.8) is 0 Å². The number of benzene rings is 2. The van der Waals surface area contributed by atoms with E-state index in [1.807, 2.05) is 30.3 Å². The second-order valence-electron chi connectivity index (χ2n) is 10.3. The Morgan fingerprint density at radius 2 is 2.00 bits per heavy atom. The second kappa shape index (κ2) is 13.2. The van der Waals surface area contributed by atoms with Gasteiger partial charge in [0.25, 0.3) is 0 Å². The number of carbonyl (C=O) groups excluding carboxylic acids is 2. The summed E-state index contributed by atoms with van der Waals surface area (Å²) in [5.41, 5.74) is 4.30. The van der Waals surface area contributed by atoms with Gasteiger partial charge in [0.1, 0.15) is 5.75 Å². The van der Waals surface area contributed by atoms with Crippen LogP contribution in [0.15, 0.2) is 48.6 Å². The molecule has 0 aromatic heterocycles. The number of methoxy groups -OCH3 is 1. The first-order valence-corrected chi connectivity index (χ1v) is 14.1. The lowest BCUT2D eigenvalue weighted by molar-refractivity contribution is -0.145. The molecule has 38 heavy (non-hydrogen) atoms. The zero-order valence-electron chi connectivity index (χ0n) is 22.7. The molecule has 0 fully saturated rings. The maximum Gasteiger partial charge on any atom is 0.313 e. The molecule has 0 spiro atoms. The number of nitrogens with zero attached hydrogens (tertiary/aromatic N) is 2. The van der Waals surface area contributed by atoms with Gasteiger partial charge in [-0.05, 0) is 66.6 Å². The van der Waals surface area contributed by atoms with Crippen LogP contribution in [0.1, 0.15) is 67.6 Å². The molecule has 0 saturated heterocycles. The second-order valence-corrected chi connectivity index (χ2v) is 10.7. The Kier molecular flexibility index (Phi) is 9.73. The Hall–Kier alpha value is -2.99. The van der Waals surface area contributed by atoms with E-state index < -0.39 is 11.9 Å². The maximum atomic E-state index is 13.0. The number of rotatable bonds is 4. The minimum Gasteiger partial charge on any atom is -0.491 e. The van der Waals surface area contributed by atoms with Crippen LogP contribution in [0.5, 0.6) is 5.75 Å². The lowest BCUT2D eigenvalue weighted by Gasteiger charge is -2.28. The van der Waals surface area contributed by atoms with Crippen molar-refractivity contribution in [2.24, 2.45) is 0 Å². The van der Waals surface area contributed by atoms with Gasteiger partial charge in [-0.15, -0.1) is 0 Å². The van der Waals surface area contributed by atoms with Gasteiger partial charge in [0, 0.05) is 44.0 Å². The summed E-state index contributed by atoms with van der Waals surface area (Å²) in [5, 5.41) is 0.760. The number of aryl methyl sites for hydroxylation is 1. The molecule has 0 radical (unpaired) electrons. The van der Waals surface area contributed by atoms with E-state index in [-0.39, 0.29) is 18.2 Å². The third-order valence-electron chi connectivity index (χ3n) is 7.56. The number of likely N-dealkylation sites (N-methyl/N-ethyl adjacent to an activating group) is 1. The van der Waals surface area contributed by atoms with E-state index in [0.29, 0.717) is 13.2 Å². The van der Waals surface area contributed by atoms with E-state index in [2.05, 4.69) is 30.0 Å². The normalized spacial score (nSPS) is 21.5. The van der Waals surface area contributed by atoms with Gasteiger partial charge in [-0.2, -0.15) is 0 Å². The van der Waals surface area contributed by atoms with Crippen molar-refractivity contribution >= 4 is 29.2 Å². The molecule has 2 aliphatic rings. The van der Waals surface area contributed by atoms with Gasteiger partial charge in [0.2, 0.25) is 5.91 Å². The third kappa shape index (κ3) is 6.71. The minimum atomic E-state index is -0.678. The molecule has 4 rings (SSSR count). The summed E-state index contributed by atoms with van der Waals surface area (Å²) < 4.78 is 11.5. The predicted molar refractivity (Wildman–Crippen MR) is 152 cm³/mol. The number of fused-ring (bicyclic) bond motifs is 1. The summed E-state index contributed by atoms with van der Waals surface area (Å²) in [6, 6.07) is 12.1. The molecule has 0 aliphatic carbocycles. The first-order valence-electron chi connectivity index (χ1n) is 13.7. The highest BCUT2D eigenvalue weighted by Gasteiger charge is 2.30. The Balaban J connectivity index is 1.73. The smallest absolute Gasteiger partial charge is 0.313 e. The fraction of sp³-hybridized carbons (Fsp3) is 0.484. The van der Waals surface area contributed by atoms with Gasteiger partial charge in [0.05, 0.1) is 25.3 Å². The van der Waals surface area contributed by atoms with Crippen molar-refractivity contribution < 1.29 is 19.1 Å². The lowest BCUT2D eigenvalue weighted by Crippen LogP contribution is -2.31. The fourth-order valence-corrected chi connectivity index (χ4v) is 5.61. The number of esters is 1. The van der Waals surface area contributed by atoms with Crippen LogP contribution in [0.4, 0.5) is 5.69 Å². The van der Waals surface area contributed by atoms with Crippen molar-refractivity contribution in [2.75, 3.05) is 45.3 Å². The molecule has 204 valence electrons. The number of halogens is 1. The molecule has 0 saturated carbocycles. The topological polar surface area (TPSA) is 59.1 Å². The number of allylic oxidation sites excluding steroid dienone is 1. The predicted octanol–water partition coefficient (Wildman–Crippen LogP) is 6.12. The van der Waals surface area contributed by atoms with Crippen molar-refractivity contribution in [1.29, 1.82) is 0 Å². The quantitative estimate of drug-likeness (QED) is 0.347. The largest absolute Gasteiger partial charge is 0.491 e. The van der Waals surface area contributed by atoms with Crippen LogP contribution in [0.25, 0.3) is 0 Å². The Bertz CT molecular complexity index is 1160. The Labute approximate surface area is 231 Å². The van der Waals surface area contributed by atoms with Gasteiger partial charge < -0.3 is 19.3 Å². The van der Waals surface area contributed by atoms with Crippen LogP contribution >= 0.6 is 11.6 Å². The average Bonchev–Trinajstić information content (AvgIpc) is 3.09. The number of hydrogen-bond donors (Lipinski definition) is 0. The van der Waals surface area contributed by atoms with E-state index in [9.17, 15) is 9.59 Å². The van der Waals surface area contributed by atoms with Crippen molar-refractivity contribution in [3.8, 4) is 5.75 Å². The number of carbonyl (C=O) groups is 2. The molecule has 0 N–H and O–H groups in total. The van der Waals surface area contributed by atoms with Gasteiger partial charge in [0.15, 0.2) is 0 Å². The van der Waals surface area contributed by atoms with Gasteiger partial charge in [-0.25, -0.2) is 0 Å².